The summed E-state index contributed by atoms with van der Waals surface area (Å²) in [7, 11) is -7.70. The summed E-state index contributed by atoms with van der Waals surface area (Å²) >= 11 is 0. The number of carbonyl (C=O) groups excluding carboxylic acids is 2. The number of carbonyl (C=O) groups is 2. The Morgan fingerprint density at radius 2 is 1.53 bits per heavy atom. The van der Waals surface area contributed by atoms with Gasteiger partial charge in [0.2, 0.25) is 10.0 Å². The molecule has 5 rings (SSSR count). The van der Waals surface area contributed by atoms with Crippen molar-refractivity contribution in [2.45, 2.75) is 70.0 Å². The third-order valence-electron chi connectivity index (χ3n) is 9.82. The van der Waals surface area contributed by atoms with Crippen molar-refractivity contribution in [2.75, 3.05) is 32.7 Å². The first-order valence-corrected chi connectivity index (χ1v) is 23.1. The van der Waals surface area contributed by atoms with Crippen molar-refractivity contribution in [1.82, 2.24) is 9.62 Å². The summed E-state index contributed by atoms with van der Waals surface area (Å²) < 4.78 is 72.3. The second-order valence-electron chi connectivity index (χ2n) is 15.0. The molecular weight excluding hydrogens is 808 g/mol. The maximum absolute atomic E-state index is 13.9. The van der Waals surface area contributed by atoms with Crippen molar-refractivity contribution in [1.29, 1.82) is 0 Å². The van der Waals surface area contributed by atoms with Crippen LogP contribution in [-0.4, -0.2) is 81.1 Å². The van der Waals surface area contributed by atoms with Gasteiger partial charge in [-0.25, -0.2) is 13.2 Å². The Morgan fingerprint density at radius 1 is 0.917 bits per heavy atom. The average molecular weight is 863 g/mol. The summed E-state index contributed by atoms with van der Waals surface area (Å²) in [5.41, 5.74) is 2.84. The molecule has 1 aliphatic heterocycles. The van der Waals surface area contributed by atoms with E-state index in [1.807, 2.05) is 93.6 Å². The molecule has 0 aromatic heterocycles. The molecule has 0 unspecified atom stereocenters. The Kier molecular flexibility index (Phi) is 17.6. The third-order valence-corrected chi connectivity index (χ3v) is 13.2. The monoisotopic (exact) mass is 862 g/mol. The van der Waals surface area contributed by atoms with E-state index in [1.165, 1.54) is 28.6 Å². The van der Waals surface area contributed by atoms with Crippen molar-refractivity contribution in [3.05, 3.63) is 144 Å². The molecule has 0 bridgehead atoms. The van der Waals surface area contributed by atoms with Crippen molar-refractivity contribution >= 4 is 30.0 Å². The maximum Gasteiger partial charge on any atom is 0.407 e. The Morgan fingerprint density at radius 3 is 2.10 bits per heavy atom. The Balaban J connectivity index is 1.30. The van der Waals surface area contributed by atoms with Crippen LogP contribution in [0.4, 0.5) is 4.79 Å². The smallest absolute Gasteiger partial charge is 0.407 e. The van der Waals surface area contributed by atoms with Gasteiger partial charge in [-0.3, -0.25) is 9.36 Å². The molecular formula is C45H55N2O11PS. The number of hydrogen-bond acceptors (Lipinski definition) is 11. The zero-order chi connectivity index (χ0) is 43.0. The standard InChI is InChI=1S/C45H55N2O11PS/c1-34(2)28-47(60(52,53)42-22-18-37(29-49)19-23-42)25-24-40(46-45(50)58-44-32-54-35(3)43(44)15-10-26-48)27-36-16-20-41(21-17-36)55-33-59(51,56-30-38-11-6-4-7-12-38)57-31-39-13-8-5-9-14-39/h4-23,29,34-35,40,43-44,48H,24-28,30-33H2,1-3H3,(H,46,50)/b15-10+/t35-,40+,43+,44-/m0/s1. The normalized spacial score (nSPS) is 17.5. The number of sulfonamides is 1. The Hall–Kier alpha value is -4.66. The van der Waals surface area contributed by atoms with Crippen LogP contribution in [-0.2, 0) is 52.7 Å². The molecule has 60 heavy (non-hydrogen) atoms. The number of aldehydes is 1. The molecule has 13 nitrogen and oxygen atoms in total. The van der Waals surface area contributed by atoms with Gasteiger partial charge in [-0.05, 0) is 66.6 Å². The minimum Gasteiger partial charge on any atom is -0.481 e. The van der Waals surface area contributed by atoms with E-state index in [1.54, 1.807) is 24.3 Å². The highest BCUT2D eigenvalue weighted by Gasteiger charge is 2.36. The van der Waals surface area contributed by atoms with Crippen molar-refractivity contribution in [2.24, 2.45) is 11.8 Å². The molecule has 4 aromatic carbocycles. The van der Waals surface area contributed by atoms with Crippen molar-refractivity contribution in [3.8, 4) is 5.75 Å². The van der Waals surface area contributed by atoms with E-state index in [0.717, 1.165) is 16.7 Å². The summed E-state index contributed by atoms with van der Waals surface area (Å²) in [6.07, 6.45) is 2.73. The fourth-order valence-corrected chi connectivity index (χ4v) is 9.44. The van der Waals surface area contributed by atoms with E-state index in [-0.39, 0.29) is 75.1 Å². The van der Waals surface area contributed by atoms with Gasteiger partial charge in [0.25, 0.3) is 0 Å². The van der Waals surface area contributed by atoms with Crippen LogP contribution in [0.25, 0.3) is 0 Å². The molecule has 15 heteroatoms. The molecule has 0 aliphatic carbocycles. The lowest BCUT2D eigenvalue weighted by Crippen LogP contribution is -2.43. The topological polar surface area (TPSA) is 167 Å². The van der Waals surface area contributed by atoms with E-state index in [9.17, 15) is 27.7 Å². The maximum atomic E-state index is 13.9. The van der Waals surface area contributed by atoms with Crippen LogP contribution in [0.3, 0.4) is 0 Å². The first-order valence-electron chi connectivity index (χ1n) is 20.0. The van der Waals surface area contributed by atoms with Gasteiger partial charge in [-0.15, -0.1) is 0 Å². The SMILES string of the molecule is CC(C)CN(CC[C@H](Cc1ccc(OCP(=O)(OCc2ccccc2)OCc2ccccc2)cc1)NC(=O)O[C@H]1CO[C@@H](C)[C@H]1/C=C/CO)S(=O)(=O)c1ccc(C=O)cc1. The molecule has 4 atom stereocenters. The second kappa shape index (κ2) is 22.8. The van der Waals surface area contributed by atoms with Crippen LogP contribution in [0, 0.1) is 11.8 Å². The lowest BCUT2D eigenvalue weighted by Gasteiger charge is -2.27. The molecule has 2 N–H and O–H groups in total. The summed E-state index contributed by atoms with van der Waals surface area (Å²) in [5, 5.41) is 12.3. The van der Waals surface area contributed by atoms with E-state index in [4.69, 9.17) is 23.3 Å². The molecule has 4 aromatic rings. The summed E-state index contributed by atoms with van der Waals surface area (Å²) in [4.78, 5) is 24.7. The highest BCUT2D eigenvalue weighted by molar-refractivity contribution is 7.89. The van der Waals surface area contributed by atoms with Crippen LogP contribution in [0.2, 0.25) is 0 Å². The number of hydrogen-bond donors (Lipinski definition) is 2. The lowest BCUT2D eigenvalue weighted by atomic mass is 9.99. The predicted molar refractivity (Wildman–Crippen MR) is 228 cm³/mol. The van der Waals surface area contributed by atoms with Crippen LogP contribution < -0.4 is 10.1 Å². The van der Waals surface area contributed by atoms with E-state index >= 15 is 0 Å². The van der Waals surface area contributed by atoms with Gasteiger partial charge in [0.15, 0.2) is 6.35 Å². The van der Waals surface area contributed by atoms with Gasteiger partial charge in [0.05, 0.1) is 37.4 Å². The van der Waals surface area contributed by atoms with E-state index in [2.05, 4.69) is 5.32 Å². The molecule has 1 heterocycles. The minimum atomic E-state index is -3.95. The average Bonchev–Trinajstić information content (AvgIpc) is 3.60. The summed E-state index contributed by atoms with van der Waals surface area (Å²) in [6.45, 7) is 6.19. The summed E-state index contributed by atoms with van der Waals surface area (Å²) in [5.74, 6) is 0.157. The molecule has 1 saturated heterocycles. The number of aliphatic hydroxyl groups excluding tert-OH is 1. The summed E-state index contributed by atoms with van der Waals surface area (Å²) in [6, 6.07) is 31.0. The molecule has 0 spiro atoms. The van der Waals surface area contributed by atoms with Gasteiger partial charge in [0, 0.05) is 30.6 Å². The van der Waals surface area contributed by atoms with Crippen LogP contribution in [0.1, 0.15) is 54.2 Å². The first kappa shape index (κ1) is 46.4. The fraction of sp³-hybridized carbons (Fsp3) is 0.378. The predicted octanol–water partition coefficient (Wildman–Crippen LogP) is 7.79. The Bertz CT molecular complexity index is 2070. The number of amides is 1. The highest BCUT2D eigenvalue weighted by atomic mass is 32.2. The van der Waals surface area contributed by atoms with E-state index in [0.29, 0.717) is 24.0 Å². The third kappa shape index (κ3) is 14.2. The largest absolute Gasteiger partial charge is 0.481 e. The number of ether oxygens (including phenoxy) is 3. The molecule has 0 radical (unpaired) electrons. The van der Waals surface area contributed by atoms with Gasteiger partial charge in [-0.2, -0.15) is 4.31 Å². The van der Waals surface area contributed by atoms with Gasteiger partial charge >= 0.3 is 13.7 Å². The highest BCUT2D eigenvalue weighted by Crippen LogP contribution is 2.49. The first-order chi connectivity index (χ1) is 28.9. The Labute approximate surface area is 353 Å². The van der Waals surface area contributed by atoms with Crippen molar-refractivity contribution < 1.29 is 50.9 Å². The van der Waals surface area contributed by atoms with Gasteiger partial charge in [0.1, 0.15) is 18.1 Å². The quantitative estimate of drug-likeness (QED) is 0.0425. The number of nitrogens with zero attached hydrogens (tertiary/aromatic N) is 1. The minimum absolute atomic E-state index is 0.00556. The van der Waals surface area contributed by atoms with Crippen LogP contribution in [0.5, 0.6) is 5.75 Å². The van der Waals surface area contributed by atoms with E-state index < -0.39 is 35.9 Å². The van der Waals surface area contributed by atoms with Crippen LogP contribution >= 0.6 is 7.60 Å². The molecule has 1 amide bonds. The van der Waals surface area contributed by atoms with Crippen molar-refractivity contribution in [3.63, 3.8) is 0 Å². The number of nitrogens with one attached hydrogen (secondary N) is 1. The lowest BCUT2D eigenvalue weighted by molar-refractivity contribution is 0.0699. The number of alkyl carbamates (subject to hydrolysis) is 1. The molecule has 1 aliphatic rings. The fourth-order valence-electron chi connectivity index (χ4n) is 6.60. The van der Waals surface area contributed by atoms with Gasteiger partial charge < -0.3 is 33.7 Å². The molecule has 1 fully saturated rings. The van der Waals surface area contributed by atoms with Crippen LogP contribution in [0.15, 0.2) is 126 Å². The molecule has 0 saturated carbocycles. The zero-order valence-corrected chi connectivity index (χ0v) is 35.9. The number of rotatable bonds is 23. The number of aliphatic hydroxyl groups is 1. The zero-order valence-electron chi connectivity index (χ0n) is 34.2. The number of benzene rings is 4. The molecule has 322 valence electrons. The second-order valence-corrected chi connectivity index (χ2v) is 18.9. The van der Waals surface area contributed by atoms with Gasteiger partial charge in [-0.1, -0.05) is 111 Å².